The van der Waals surface area contributed by atoms with Crippen LogP contribution in [-0.4, -0.2) is 30.4 Å². The van der Waals surface area contributed by atoms with E-state index in [4.69, 9.17) is 21.1 Å². The lowest BCUT2D eigenvalue weighted by atomic mass is 10.1. The van der Waals surface area contributed by atoms with E-state index in [1.807, 2.05) is 30.5 Å². The van der Waals surface area contributed by atoms with Crippen LogP contribution in [0.4, 0.5) is 0 Å². The number of hydrogen-bond donors (Lipinski definition) is 0. The average Bonchev–Trinajstić information content (AvgIpc) is 2.47. The molecule has 0 amide bonds. The Morgan fingerprint density at radius 3 is 2.26 bits per heavy atom. The van der Waals surface area contributed by atoms with Gasteiger partial charge in [-0.1, -0.05) is 11.6 Å². The summed E-state index contributed by atoms with van der Waals surface area (Å²) in [5, 5.41) is 1.03. The fourth-order valence-electron chi connectivity index (χ4n) is 1.58. The van der Waals surface area contributed by atoms with E-state index in [2.05, 4.69) is 9.97 Å². The number of rotatable bonds is 4. The average molecular weight is 297 g/mol. The van der Waals surface area contributed by atoms with Crippen molar-refractivity contribution in [1.82, 2.24) is 9.97 Å². The molecule has 0 radical (unpaired) electrons. The van der Waals surface area contributed by atoms with Crippen molar-refractivity contribution in [3.63, 3.8) is 0 Å². The van der Waals surface area contributed by atoms with Gasteiger partial charge in [0.1, 0.15) is 11.4 Å². The molecule has 0 spiro atoms. The minimum Gasteiger partial charge on any atom is -0.497 e. The van der Waals surface area contributed by atoms with Crippen molar-refractivity contribution < 1.29 is 9.47 Å². The Bertz CT molecular complexity index is 576. The molecule has 2 rings (SSSR count). The van der Waals surface area contributed by atoms with Crippen molar-refractivity contribution in [3.8, 4) is 22.9 Å². The van der Waals surface area contributed by atoms with E-state index in [9.17, 15) is 0 Å². The van der Waals surface area contributed by atoms with E-state index in [1.165, 1.54) is 11.8 Å². The predicted molar refractivity (Wildman–Crippen MR) is 77.4 cm³/mol. The second-order valence-electron chi connectivity index (χ2n) is 3.61. The van der Waals surface area contributed by atoms with Gasteiger partial charge in [0, 0.05) is 5.56 Å². The molecule has 0 bridgehead atoms. The summed E-state index contributed by atoms with van der Waals surface area (Å²) in [4.78, 5) is 8.70. The van der Waals surface area contributed by atoms with Crippen LogP contribution >= 0.6 is 23.4 Å². The zero-order valence-corrected chi connectivity index (χ0v) is 12.4. The SMILES string of the molecule is COc1ccc(-c2nc(SC)c(OC)nc2Cl)cc1. The Hall–Kier alpha value is -1.46. The molecular weight excluding hydrogens is 284 g/mol. The first kappa shape index (κ1) is 14.0. The monoisotopic (exact) mass is 296 g/mol. The van der Waals surface area contributed by atoms with Crippen LogP contribution in [-0.2, 0) is 0 Å². The zero-order chi connectivity index (χ0) is 13.8. The van der Waals surface area contributed by atoms with Crippen LogP contribution in [0.2, 0.25) is 5.15 Å². The topological polar surface area (TPSA) is 44.2 Å². The summed E-state index contributed by atoms with van der Waals surface area (Å²) in [7, 11) is 3.17. The van der Waals surface area contributed by atoms with Crippen molar-refractivity contribution in [2.75, 3.05) is 20.5 Å². The third-order valence-electron chi connectivity index (χ3n) is 2.54. The van der Waals surface area contributed by atoms with Gasteiger partial charge in [0.05, 0.1) is 14.2 Å². The molecule has 0 N–H and O–H groups in total. The normalized spacial score (nSPS) is 10.3. The lowest BCUT2D eigenvalue weighted by molar-refractivity contribution is 0.383. The Morgan fingerprint density at radius 1 is 1.05 bits per heavy atom. The van der Waals surface area contributed by atoms with E-state index in [0.29, 0.717) is 21.8 Å². The number of thioether (sulfide) groups is 1. The van der Waals surface area contributed by atoms with Crippen LogP contribution in [0.1, 0.15) is 0 Å². The number of methoxy groups -OCH3 is 2. The first-order chi connectivity index (χ1) is 9.19. The molecule has 0 atom stereocenters. The lowest BCUT2D eigenvalue weighted by Gasteiger charge is -2.09. The number of aromatic nitrogens is 2. The molecule has 1 aromatic heterocycles. The largest absolute Gasteiger partial charge is 0.497 e. The van der Waals surface area contributed by atoms with E-state index in [1.54, 1.807) is 14.2 Å². The summed E-state index contributed by atoms with van der Waals surface area (Å²) in [6, 6.07) is 7.50. The van der Waals surface area contributed by atoms with Gasteiger partial charge in [-0.15, -0.1) is 11.8 Å². The van der Waals surface area contributed by atoms with Crippen molar-refractivity contribution in [1.29, 1.82) is 0 Å². The quantitative estimate of drug-likeness (QED) is 0.808. The van der Waals surface area contributed by atoms with Crippen LogP contribution in [0.15, 0.2) is 29.3 Å². The summed E-state index contributed by atoms with van der Waals surface area (Å²) in [6.45, 7) is 0. The molecule has 4 nitrogen and oxygen atoms in total. The molecular formula is C13H13ClN2O2S. The maximum absolute atomic E-state index is 6.15. The number of ether oxygens (including phenoxy) is 2. The summed E-state index contributed by atoms with van der Waals surface area (Å²) >= 11 is 7.61. The molecule has 0 aliphatic heterocycles. The molecule has 0 unspecified atom stereocenters. The molecule has 0 aliphatic carbocycles. The number of halogens is 1. The molecule has 0 saturated heterocycles. The first-order valence-corrected chi connectivity index (χ1v) is 7.09. The highest BCUT2D eigenvalue weighted by Gasteiger charge is 2.14. The molecule has 2 aromatic rings. The van der Waals surface area contributed by atoms with Gasteiger partial charge in [-0.05, 0) is 30.5 Å². The maximum atomic E-state index is 6.15. The van der Waals surface area contributed by atoms with Gasteiger partial charge >= 0.3 is 0 Å². The minimum atomic E-state index is 0.319. The van der Waals surface area contributed by atoms with Crippen molar-refractivity contribution in [2.24, 2.45) is 0 Å². The molecule has 100 valence electrons. The van der Waals surface area contributed by atoms with Gasteiger partial charge in [-0.25, -0.2) is 4.98 Å². The van der Waals surface area contributed by atoms with Gasteiger partial charge in [-0.2, -0.15) is 4.98 Å². The summed E-state index contributed by atoms with van der Waals surface area (Å²) in [5.41, 5.74) is 1.52. The highest BCUT2D eigenvalue weighted by Crippen LogP contribution is 2.32. The molecule has 1 aromatic carbocycles. The molecule has 0 aliphatic rings. The van der Waals surface area contributed by atoms with Crippen LogP contribution in [0.5, 0.6) is 11.6 Å². The Kier molecular flexibility index (Phi) is 4.50. The Balaban J connectivity index is 2.48. The first-order valence-electron chi connectivity index (χ1n) is 5.49. The van der Waals surface area contributed by atoms with Gasteiger partial charge < -0.3 is 9.47 Å². The number of nitrogens with zero attached hydrogens (tertiary/aromatic N) is 2. The van der Waals surface area contributed by atoms with Crippen LogP contribution in [0.25, 0.3) is 11.3 Å². The summed E-state index contributed by atoms with van der Waals surface area (Å²) < 4.78 is 10.3. The maximum Gasteiger partial charge on any atom is 0.248 e. The zero-order valence-electron chi connectivity index (χ0n) is 10.8. The van der Waals surface area contributed by atoms with E-state index >= 15 is 0 Å². The standard InChI is InChI=1S/C13H13ClN2O2S/c1-17-9-6-4-8(5-7-9)10-11(14)16-12(18-2)13(15-10)19-3/h4-7H,1-3H3. The third-order valence-corrected chi connectivity index (χ3v) is 3.46. The molecule has 0 fully saturated rings. The van der Waals surface area contributed by atoms with Gasteiger partial charge in [0.25, 0.3) is 0 Å². The van der Waals surface area contributed by atoms with Crippen LogP contribution in [0, 0.1) is 0 Å². The smallest absolute Gasteiger partial charge is 0.248 e. The summed E-state index contributed by atoms with van der Waals surface area (Å²) in [6.07, 6.45) is 1.91. The van der Waals surface area contributed by atoms with Gasteiger partial charge in [0.2, 0.25) is 5.88 Å². The van der Waals surface area contributed by atoms with Crippen molar-refractivity contribution in [3.05, 3.63) is 29.4 Å². The van der Waals surface area contributed by atoms with Crippen molar-refractivity contribution in [2.45, 2.75) is 5.03 Å². The Labute approximate surface area is 121 Å². The lowest BCUT2D eigenvalue weighted by Crippen LogP contribution is -1.97. The minimum absolute atomic E-state index is 0.319. The number of benzene rings is 1. The van der Waals surface area contributed by atoms with Crippen LogP contribution in [0.3, 0.4) is 0 Å². The summed E-state index contributed by atoms with van der Waals surface area (Å²) in [5.74, 6) is 1.22. The second kappa shape index (κ2) is 6.12. The van der Waals surface area contributed by atoms with Gasteiger partial charge in [-0.3, -0.25) is 0 Å². The highest BCUT2D eigenvalue weighted by atomic mass is 35.5. The fraction of sp³-hybridized carbons (Fsp3) is 0.231. The second-order valence-corrected chi connectivity index (χ2v) is 4.76. The van der Waals surface area contributed by atoms with Gasteiger partial charge in [0.15, 0.2) is 10.2 Å². The molecule has 0 saturated carbocycles. The fourth-order valence-corrected chi connectivity index (χ4v) is 2.30. The third kappa shape index (κ3) is 2.93. The number of hydrogen-bond acceptors (Lipinski definition) is 5. The molecule has 6 heteroatoms. The van der Waals surface area contributed by atoms with E-state index in [-0.39, 0.29) is 0 Å². The Morgan fingerprint density at radius 2 is 1.74 bits per heavy atom. The van der Waals surface area contributed by atoms with Crippen LogP contribution < -0.4 is 9.47 Å². The molecule has 1 heterocycles. The van der Waals surface area contributed by atoms with E-state index < -0.39 is 0 Å². The van der Waals surface area contributed by atoms with Crippen molar-refractivity contribution >= 4 is 23.4 Å². The highest BCUT2D eigenvalue weighted by molar-refractivity contribution is 7.98. The molecule has 19 heavy (non-hydrogen) atoms. The van der Waals surface area contributed by atoms with E-state index in [0.717, 1.165) is 11.3 Å². The predicted octanol–water partition coefficient (Wildman–Crippen LogP) is 3.54.